The topological polar surface area (TPSA) is 75.1 Å². The molecule has 0 spiro atoms. The summed E-state index contributed by atoms with van der Waals surface area (Å²) in [5.41, 5.74) is 1.04. The Hall–Kier alpha value is -1.65. The SMILES string of the molecule is CCc1cc(NCCCCCC(=O)O)nc(C)n1. The van der Waals surface area contributed by atoms with E-state index in [9.17, 15) is 4.79 Å². The predicted octanol–water partition coefficient (Wildman–Crippen LogP) is 2.40. The number of nitrogens with zero attached hydrogens (tertiary/aromatic N) is 2. The lowest BCUT2D eigenvalue weighted by atomic mass is 10.2. The number of aromatic nitrogens is 2. The fourth-order valence-corrected chi connectivity index (χ4v) is 1.70. The first kappa shape index (κ1) is 14.4. The molecule has 1 rings (SSSR count). The van der Waals surface area contributed by atoms with Crippen molar-refractivity contribution in [2.75, 3.05) is 11.9 Å². The summed E-state index contributed by atoms with van der Waals surface area (Å²) in [6.45, 7) is 4.77. The first-order valence-corrected chi connectivity index (χ1v) is 6.42. The Morgan fingerprint density at radius 3 is 2.78 bits per heavy atom. The zero-order chi connectivity index (χ0) is 13.4. The molecule has 1 aromatic rings. The molecule has 2 N–H and O–H groups in total. The molecule has 18 heavy (non-hydrogen) atoms. The van der Waals surface area contributed by atoms with Crippen molar-refractivity contribution in [3.05, 3.63) is 17.6 Å². The van der Waals surface area contributed by atoms with Crippen molar-refractivity contribution in [2.45, 2.75) is 46.0 Å². The van der Waals surface area contributed by atoms with Gasteiger partial charge in [-0.3, -0.25) is 4.79 Å². The van der Waals surface area contributed by atoms with Gasteiger partial charge < -0.3 is 10.4 Å². The van der Waals surface area contributed by atoms with Gasteiger partial charge in [-0.15, -0.1) is 0 Å². The Labute approximate surface area is 108 Å². The smallest absolute Gasteiger partial charge is 0.303 e. The van der Waals surface area contributed by atoms with E-state index < -0.39 is 5.97 Å². The Morgan fingerprint density at radius 2 is 2.11 bits per heavy atom. The molecule has 0 bridgehead atoms. The van der Waals surface area contributed by atoms with Crippen molar-refractivity contribution in [3.63, 3.8) is 0 Å². The van der Waals surface area contributed by atoms with Gasteiger partial charge in [0.15, 0.2) is 0 Å². The first-order valence-electron chi connectivity index (χ1n) is 6.42. The predicted molar refractivity (Wildman–Crippen MR) is 70.7 cm³/mol. The molecule has 0 saturated carbocycles. The maximum absolute atomic E-state index is 10.3. The largest absolute Gasteiger partial charge is 0.481 e. The third-order valence-corrected chi connectivity index (χ3v) is 2.63. The third-order valence-electron chi connectivity index (χ3n) is 2.63. The first-order chi connectivity index (χ1) is 8.61. The molecule has 0 radical (unpaired) electrons. The highest BCUT2D eigenvalue weighted by Gasteiger charge is 2.00. The van der Waals surface area contributed by atoms with Crippen molar-refractivity contribution in [2.24, 2.45) is 0 Å². The van der Waals surface area contributed by atoms with E-state index in [0.29, 0.717) is 0 Å². The van der Waals surface area contributed by atoms with Crippen molar-refractivity contribution in [1.82, 2.24) is 9.97 Å². The molecular weight excluding hydrogens is 230 g/mol. The number of carboxylic acid groups (broad SMARTS) is 1. The average Bonchev–Trinajstić information content (AvgIpc) is 2.32. The standard InChI is InChI=1S/C13H21N3O2/c1-3-11-9-12(16-10(2)15-11)14-8-6-4-5-7-13(17)18/h9H,3-8H2,1-2H3,(H,17,18)(H,14,15,16). The number of hydrogen-bond acceptors (Lipinski definition) is 4. The summed E-state index contributed by atoms with van der Waals surface area (Å²) in [6.07, 6.45) is 3.77. The van der Waals surface area contributed by atoms with Crippen molar-refractivity contribution in [1.29, 1.82) is 0 Å². The number of unbranched alkanes of at least 4 members (excludes halogenated alkanes) is 2. The van der Waals surface area contributed by atoms with Crippen LogP contribution < -0.4 is 5.32 Å². The number of aryl methyl sites for hydroxylation is 2. The maximum atomic E-state index is 10.3. The summed E-state index contributed by atoms with van der Waals surface area (Å²) in [5.74, 6) is 0.919. The van der Waals surface area contributed by atoms with Crippen LogP contribution in [0.2, 0.25) is 0 Å². The summed E-state index contributed by atoms with van der Waals surface area (Å²) in [6, 6.07) is 1.96. The highest BCUT2D eigenvalue weighted by molar-refractivity contribution is 5.66. The lowest BCUT2D eigenvalue weighted by Gasteiger charge is -2.07. The minimum atomic E-state index is -0.720. The highest BCUT2D eigenvalue weighted by Crippen LogP contribution is 2.08. The third kappa shape index (κ3) is 5.61. The van der Waals surface area contributed by atoms with Crippen molar-refractivity contribution < 1.29 is 9.90 Å². The molecule has 0 saturated heterocycles. The molecule has 0 amide bonds. The van der Waals surface area contributed by atoms with E-state index in [1.807, 2.05) is 13.0 Å². The Bertz CT molecular complexity index is 394. The van der Waals surface area contributed by atoms with Crippen LogP contribution in [0.3, 0.4) is 0 Å². The van der Waals surface area contributed by atoms with Crippen LogP contribution >= 0.6 is 0 Å². The van der Waals surface area contributed by atoms with E-state index >= 15 is 0 Å². The fraction of sp³-hybridized carbons (Fsp3) is 0.615. The van der Waals surface area contributed by atoms with Crippen LogP contribution in [0.4, 0.5) is 5.82 Å². The van der Waals surface area contributed by atoms with Crippen LogP contribution in [0.25, 0.3) is 0 Å². The molecule has 1 heterocycles. The average molecular weight is 251 g/mol. The van der Waals surface area contributed by atoms with Crippen LogP contribution in [0.5, 0.6) is 0 Å². The van der Waals surface area contributed by atoms with Crippen LogP contribution in [-0.2, 0) is 11.2 Å². The Morgan fingerprint density at radius 1 is 1.33 bits per heavy atom. The van der Waals surface area contributed by atoms with Gasteiger partial charge in [-0.2, -0.15) is 0 Å². The fourth-order valence-electron chi connectivity index (χ4n) is 1.70. The lowest BCUT2D eigenvalue weighted by molar-refractivity contribution is -0.137. The molecule has 0 fully saturated rings. The van der Waals surface area contributed by atoms with Crippen molar-refractivity contribution >= 4 is 11.8 Å². The quantitative estimate of drug-likeness (QED) is 0.694. The molecule has 0 aromatic carbocycles. The normalized spacial score (nSPS) is 10.3. The van der Waals surface area contributed by atoms with Crippen LogP contribution in [-0.4, -0.2) is 27.6 Å². The zero-order valence-corrected chi connectivity index (χ0v) is 11.1. The number of carbonyl (C=O) groups is 1. The summed E-state index contributed by atoms with van der Waals surface area (Å²) in [7, 11) is 0. The number of carboxylic acids is 1. The van der Waals surface area contributed by atoms with Crippen LogP contribution in [0.15, 0.2) is 6.07 Å². The number of aliphatic carboxylic acids is 1. The molecule has 0 aliphatic carbocycles. The zero-order valence-electron chi connectivity index (χ0n) is 11.1. The van der Waals surface area contributed by atoms with Gasteiger partial charge in [0.25, 0.3) is 0 Å². The van der Waals surface area contributed by atoms with E-state index in [-0.39, 0.29) is 6.42 Å². The summed E-state index contributed by atoms with van der Waals surface area (Å²) in [5, 5.41) is 11.8. The number of rotatable bonds is 8. The van der Waals surface area contributed by atoms with E-state index in [1.165, 1.54) is 0 Å². The molecule has 0 aliphatic rings. The van der Waals surface area contributed by atoms with Gasteiger partial charge in [-0.05, 0) is 26.2 Å². The molecule has 0 unspecified atom stereocenters. The molecule has 0 atom stereocenters. The molecule has 5 nitrogen and oxygen atoms in total. The minimum Gasteiger partial charge on any atom is -0.481 e. The van der Waals surface area contributed by atoms with Gasteiger partial charge >= 0.3 is 5.97 Å². The monoisotopic (exact) mass is 251 g/mol. The molecule has 100 valence electrons. The Balaban J connectivity index is 2.26. The molecule has 5 heteroatoms. The molecule has 1 aromatic heterocycles. The van der Waals surface area contributed by atoms with Gasteiger partial charge in [-0.25, -0.2) is 9.97 Å². The summed E-state index contributed by atoms with van der Waals surface area (Å²) in [4.78, 5) is 19.0. The Kier molecular flexibility index (Phi) is 6.11. The van der Waals surface area contributed by atoms with Crippen molar-refractivity contribution in [3.8, 4) is 0 Å². The van der Waals surface area contributed by atoms with Crippen LogP contribution in [0, 0.1) is 6.92 Å². The minimum absolute atomic E-state index is 0.257. The van der Waals surface area contributed by atoms with Gasteiger partial charge in [0.2, 0.25) is 0 Å². The highest BCUT2D eigenvalue weighted by atomic mass is 16.4. The summed E-state index contributed by atoms with van der Waals surface area (Å²) < 4.78 is 0. The van der Waals surface area contributed by atoms with E-state index in [0.717, 1.165) is 49.6 Å². The number of anilines is 1. The van der Waals surface area contributed by atoms with E-state index in [1.54, 1.807) is 0 Å². The maximum Gasteiger partial charge on any atom is 0.303 e. The second-order valence-electron chi connectivity index (χ2n) is 4.28. The van der Waals surface area contributed by atoms with Crippen LogP contribution in [0.1, 0.15) is 44.1 Å². The molecule has 0 aliphatic heterocycles. The second-order valence-corrected chi connectivity index (χ2v) is 4.28. The van der Waals surface area contributed by atoms with Gasteiger partial charge in [0.1, 0.15) is 11.6 Å². The van der Waals surface area contributed by atoms with Gasteiger partial charge in [0, 0.05) is 24.7 Å². The van der Waals surface area contributed by atoms with Gasteiger partial charge in [-0.1, -0.05) is 13.3 Å². The van der Waals surface area contributed by atoms with E-state index in [2.05, 4.69) is 22.2 Å². The summed E-state index contributed by atoms with van der Waals surface area (Å²) >= 11 is 0. The number of hydrogen-bond donors (Lipinski definition) is 2. The van der Waals surface area contributed by atoms with E-state index in [4.69, 9.17) is 5.11 Å². The lowest BCUT2D eigenvalue weighted by Crippen LogP contribution is -2.06. The second kappa shape index (κ2) is 7.63. The number of nitrogens with one attached hydrogen (secondary N) is 1. The van der Waals surface area contributed by atoms with Gasteiger partial charge in [0.05, 0.1) is 0 Å². The molecular formula is C13H21N3O2.